The summed E-state index contributed by atoms with van der Waals surface area (Å²) >= 11 is 0. The molecule has 2 aliphatic rings. The molecule has 0 spiro atoms. The van der Waals surface area contributed by atoms with E-state index in [1.165, 1.54) is 38.6 Å². The molecule has 0 bridgehead atoms. The van der Waals surface area contributed by atoms with Crippen molar-refractivity contribution >= 4 is 0 Å². The molecule has 1 saturated heterocycles. The molecule has 1 saturated carbocycles. The summed E-state index contributed by atoms with van der Waals surface area (Å²) in [4.78, 5) is 0. The zero-order chi connectivity index (χ0) is 12.5. The van der Waals surface area contributed by atoms with Crippen molar-refractivity contribution in [2.45, 2.75) is 57.5 Å². The van der Waals surface area contributed by atoms with Gasteiger partial charge in [0.25, 0.3) is 0 Å². The third kappa shape index (κ3) is 5.68. The van der Waals surface area contributed by atoms with Crippen molar-refractivity contribution in [2.24, 2.45) is 5.92 Å². The molecule has 18 heavy (non-hydrogen) atoms. The van der Waals surface area contributed by atoms with Crippen LogP contribution in [-0.4, -0.2) is 39.0 Å². The van der Waals surface area contributed by atoms with Gasteiger partial charge in [0.2, 0.25) is 0 Å². The molecule has 0 atom stereocenters. The van der Waals surface area contributed by atoms with Crippen LogP contribution in [0.5, 0.6) is 0 Å². The molecule has 1 aliphatic carbocycles. The molecule has 0 radical (unpaired) electrons. The summed E-state index contributed by atoms with van der Waals surface area (Å²) in [6, 6.07) is 0. The number of ether oxygens (including phenoxy) is 2. The third-order valence-corrected chi connectivity index (χ3v) is 4.18. The predicted octanol–water partition coefficient (Wildman–Crippen LogP) is 2.74. The molecule has 3 heteroatoms. The van der Waals surface area contributed by atoms with E-state index in [9.17, 15) is 0 Å². The molecule has 2 fully saturated rings. The van der Waals surface area contributed by atoms with E-state index in [1.54, 1.807) is 0 Å². The number of rotatable bonds is 7. The molecule has 0 aromatic heterocycles. The van der Waals surface area contributed by atoms with Gasteiger partial charge in [-0.25, -0.2) is 0 Å². The third-order valence-electron chi connectivity index (χ3n) is 4.18. The Morgan fingerprint density at radius 3 is 2.56 bits per heavy atom. The lowest BCUT2D eigenvalue weighted by Crippen LogP contribution is -2.27. The molecule has 3 nitrogen and oxygen atoms in total. The molecule has 0 unspecified atom stereocenters. The van der Waals surface area contributed by atoms with E-state index >= 15 is 0 Å². The minimum atomic E-state index is 0.456. The lowest BCUT2D eigenvalue weighted by molar-refractivity contribution is -0.0322. The maximum absolute atomic E-state index is 5.85. The van der Waals surface area contributed by atoms with E-state index in [1.807, 2.05) is 0 Å². The molecule has 106 valence electrons. The Kier molecular flexibility index (Phi) is 7.06. The first-order valence-corrected chi connectivity index (χ1v) is 7.85. The average molecular weight is 255 g/mol. The van der Waals surface area contributed by atoms with E-state index in [4.69, 9.17) is 9.47 Å². The average Bonchev–Trinajstić information content (AvgIpc) is 2.45. The van der Waals surface area contributed by atoms with Crippen molar-refractivity contribution in [3.63, 3.8) is 0 Å². The van der Waals surface area contributed by atoms with E-state index < -0.39 is 0 Å². The first-order chi connectivity index (χ1) is 8.95. The lowest BCUT2D eigenvalue weighted by Gasteiger charge is -2.23. The monoisotopic (exact) mass is 255 g/mol. The van der Waals surface area contributed by atoms with E-state index in [2.05, 4.69) is 5.32 Å². The highest BCUT2D eigenvalue weighted by Crippen LogP contribution is 2.22. The second-order valence-corrected chi connectivity index (χ2v) is 5.74. The zero-order valence-electron chi connectivity index (χ0n) is 11.7. The summed E-state index contributed by atoms with van der Waals surface area (Å²) in [5, 5.41) is 3.59. The van der Waals surface area contributed by atoms with Crippen LogP contribution in [0.2, 0.25) is 0 Å². The van der Waals surface area contributed by atoms with Crippen molar-refractivity contribution in [1.29, 1.82) is 0 Å². The van der Waals surface area contributed by atoms with Crippen LogP contribution in [-0.2, 0) is 9.47 Å². The van der Waals surface area contributed by atoms with Crippen LogP contribution in [0, 0.1) is 5.92 Å². The summed E-state index contributed by atoms with van der Waals surface area (Å²) in [6.45, 7) is 4.99. The summed E-state index contributed by atoms with van der Waals surface area (Å²) in [5.74, 6) is 0.940. The molecule has 1 aliphatic heterocycles. The highest BCUT2D eigenvalue weighted by atomic mass is 16.5. The Hall–Kier alpha value is -0.120. The van der Waals surface area contributed by atoms with Crippen molar-refractivity contribution in [1.82, 2.24) is 5.32 Å². The van der Waals surface area contributed by atoms with Gasteiger partial charge in [0, 0.05) is 19.8 Å². The second-order valence-electron chi connectivity index (χ2n) is 5.74. The number of hydrogen-bond donors (Lipinski definition) is 1. The van der Waals surface area contributed by atoms with Crippen LogP contribution in [0.25, 0.3) is 0 Å². The lowest BCUT2D eigenvalue weighted by atomic mass is 9.89. The highest BCUT2D eigenvalue weighted by Gasteiger charge is 2.14. The van der Waals surface area contributed by atoms with Gasteiger partial charge in [-0.15, -0.1) is 0 Å². The van der Waals surface area contributed by atoms with E-state index in [0.717, 1.165) is 51.5 Å². The summed E-state index contributed by atoms with van der Waals surface area (Å²) < 4.78 is 11.2. The quantitative estimate of drug-likeness (QED) is 0.710. The Labute approximate surface area is 112 Å². The smallest absolute Gasteiger partial charge is 0.0619 e. The highest BCUT2D eigenvalue weighted by molar-refractivity contribution is 4.68. The number of hydrogen-bond acceptors (Lipinski definition) is 3. The Morgan fingerprint density at radius 1 is 1.00 bits per heavy atom. The van der Waals surface area contributed by atoms with Crippen LogP contribution < -0.4 is 5.32 Å². The van der Waals surface area contributed by atoms with E-state index in [0.29, 0.717) is 6.10 Å². The molecule has 0 aromatic rings. The minimum absolute atomic E-state index is 0.456. The van der Waals surface area contributed by atoms with Crippen LogP contribution >= 0.6 is 0 Å². The maximum atomic E-state index is 5.85. The fraction of sp³-hybridized carbons (Fsp3) is 1.00. The summed E-state index contributed by atoms with van der Waals surface area (Å²) in [6.07, 6.45) is 11.0. The summed E-state index contributed by atoms with van der Waals surface area (Å²) in [7, 11) is 0. The molecule has 1 heterocycles. The molecular weight excluding hydrogens is 226 g/mol. The van der Waals surface area contributed by atoms with E-state index in [-0.39, 0.29) is 0 Å². The Bertz CT molecular complexity index is 177. The van der Waals surface area contributed by atoms with Crippen molar-refractivity contribution < 1.29 is 9.47 Å². The SMILES string of the molecule is C1CCC(CNCCCOC2CCOCC2)CC1. The fourth-order valence-electron chi connectivity index (χ4n) is 2.99. The van der Waals surface area contributed by atoms with Gasteiger partial charge in [-0.05, 0) is 51.1 Å². The Morgan fingerprint density at radius 2 is 1.78 bits per heavy atom. The van der Waals surface area contributed by atoms with Gasteiger partial charge >= 0.3 is 0 Å². The minimum Gasteiger partial charge on any atom is -0.381 e. The van der Waals surface area contributed by atoms with Crippen LogP contribution in [0.4, 0.5) is 0 Å². The first kappa shape index (κ1) is 14.3. The maximum Gasteiger partial charge on any atom is 0.0619 e. The fourth-order valence-corrected chi connectivity index (χ4v) is 2.99. The number of nitrogens with one attached hydrogen (secondary N) is 1. The Balaban J connectivity index is 1.39. The van der Waals surface area contributed by atoms with Gasteiger partial charge in [-0.2, -0.15) is 0 Å². The van der Waals surface area contributed by atoms with Gasteiger partial charge in [0.05, 0.1) is 6.10 Å². The summed E-state index contributed by atoms with van der Waals surface area (Å²) in [5.41, 5.74) is 0. The van der Waals surface area contributed by atoms with Crippen LogP contribution in [0.15, 0.2) is 0 Å². The second kappa shape index (κ2) is 8.89. The van der Waals surface area contributed by atoms with Gasteiger partial charge < -0.3 is 14.8 Å². The molecule has 0 aromatic carbocycles. The van der Waals surface area contributed by atoms with Crippen molar-refractivity contribution in [3.05, 3.63) is 0 Å². The topological polar surface area (TPSA) is 30.5 Å². The van der Waals surface area contributed by atoms with Crippen molar-refractivity contribution in [3.8, 4) is 0 Å². The largest absolute Gasteiger partial charge is 0.381 e. The molecule has 0 amide bonds. The predicted molar refractivity (Wildman–Crippen MR) is 73.9 cm³/mol. The van der Waals surface area contributed by atoms with Crippen LogP contribution in [0.3, 0.4) is 0 Å². The van der Waals surface area contributed by atoms with Gasteiger partial charge in [-0.1, -0.05) is 19.3 Å². The molecule has 2 rings (SSSR count). The van der Waals surface area contributed by atoms with Gasteiger partial charge in [0.1, 0.15) is 0 Å². The molecular formula is C15H29NO2. The first-order valence-electron chi connectivity index (χ1n) is 7.85. The van der Waals surface area contributed by atoms with Crippen LogP contribution in [0.1, 0.15) is 51.4 Å². The zero-order valence-corrected chi connectivity index (χ0v) is 11.7. The molecule has 1 N–H and O–H groups in total. The normalized spacial score (nSPS) is 23.3. The standard InChI is InChI=1S/C15H29NO2/c1-2-5-14(6-3-1)13-16-9-4-10-18-15-7-11-17-12-8-15/h14-16H,1-13H2. The van der Waals surface area contributed by atoms with Gasteiger partial charge in [0.15, 0.2) is 0 Å². The van der Waals surface area contributed by atoms with Crippen molar-refractivity contribution in [2.75, 3.05) is 32.9 Å². The van der Waals surface area contributed by atoms with Gasteiger partial charge in [-0.3, -0.25) is 0 Å².